The second-order valence-electron chi connectivity index (χ2n) is 6.56. The molecule has 1 N–H and O–H groups in total. The quantitative estimate of drug-likeness (QED) is 0.548. The van der Waals surface area contributed by atoms with Gasteiger partial charge in [0.15, 0.2) is 0 Å². The van der Waals surface area contributed by atoms with Crippen LogP contribution < -0.4 is 5.32 Å². The first-order valence-electron chi connectivity index (χ1n) is 9.02. The summed E-state index contributed by atoms with van der Waals surface area (Å²) in [5, 5.41) is 11.3. The molecule has 0 spiro atoms. The molecular weight excluding hydrogens is 450 g/mol. The van der Waals surface area contributed by atoms with E-state index in [2.05, 4.69) is 15.5 Å². The molecule has 3 aromatic heterocycles. The molecule has 0 aliphatic heterocycles. The minimum absolute atomic E-state index is 0.0721. The summed E-state index contributed by atoms with van der Waals surface area (Å²) in [5.74, 6) is -2.16. The largest absolute Gasteiger partial charge is 0.465 e. The number of hydrogen-bond donors (Lipinski definition) is 1. The molecule has 1 aliphatic carbocycles. The van der Waals surface area contributed by atoms with E-state index < -0.39 is 32.7 Å². The van der Waals surface area contributed by atoms with Crippen LogP contribution in [0, 0.1) is 0 Å². The third kappa shape index (κ3) is 4.02. The zero-order valence-corrected chi connectivity index (χ0v) is 18.3. The third-order valence-corrected chi connectivity index (χ3v) is 7.94. The van der Waals surface area contributed by atoms with Crippen molar-refractivity contribution >= 4 is 49.4 Å². The molecule has 0 saturated carbocycles. The van der Waals surface area contributed by atoms with Crippen molar-refractivity contribution in [2.75, 3.05) is 18.2 Å². The average molecular weight is 468 g/mol. The predicted octanol–water partition coefficient (Wildman–Crippen LogP) is 2.94. The zero-order valence-electron chi connectivity index (χ0n) is 15.8. The van der Waals surface area contributed by atoms with Gasteiger partial charge in [0, 0.05) is 4.88 Å². The van der Waals surface area contributed by atoms with Gasteiger partial charge in [0.1, 0.15) is 10.8 Å². The fourth-order valence-electron chi connectivity index (χ4n) is 3.20. The molecule has 12 heteroatoms. The smallest absolute Gasteiger partial charge is 0.341 e. The predicted molar refractivity (Wildman–Crippen MR) is 111 cm³/mol. The Morgan fingerprint density at radius 2 is 2.07 bits per heavy atom. The van der Waals surface area contributed by atoms with E-state index in [0.717, 1.165) is 36.1 Å². The molecule has 158 valence electrons. The van der Waals surface area contributed by atoms with Gasteiger partial charge in [-0.25, -0.2) is 13.2 Å². The molecule has 0 fully saturated rings. The van der Waals surface area contributed by atoms with Gasteiger partial charge in [-0.15, -0.1) is 27.8 Å². The van der Waals surface area contributed by atoms with Crippen LogP contribution in [0.15, 0.2) is 27.2 Å². The summed E-state index contributed by atoms with van der Waals surface area (Å²) in [6.07, 6.45) is 3.47. The summed E-state index contributed by atoms with van der Waals surface area (Å²) in [5.41, 5.74) is 1.18. The number of thiophene rings is 2. The number of ether oxygens (including phenoxy) is 1. The van der Waals surface area contributed by atoms with E-state index in [1.54, 1.807) is 17.5 Å². The Kier molecular flexibility index (Phi) is 5.71. The highest BCUT2D eigenvalue weighted by Crippen LogP contribution is 2.38. The van der Waals surface area contributed by atoms with Crippen molar-refractivity contribution in [1.82, 2.24) is 10.2 Å². The van der Waals surface area contributed by atoms with Crippen molar-refractivity contribution in [3.63, 3.8) is 0 Å². The van der Waals surface area contributed by atoms with Crippen molar-refractivity contribution < 1.29 is 27.2 Å². The lowest BCUT2D eigenvalue weighted by Gasteiger charge is -2.11. The van der Waals surface area contributed by atoms with Crippen LogP contribution in [-0.2, 0) is 32.2 Å². The Bertz CT molecular complexity index is 1190. The Hall–Kier alpha value is -2.57. The number of nitrogens with zero attached hydrogens (tertiary/aromatic N) is 2. The maximum absolute atomic E-state index is 12.5. The SMILES string of the molecule is COC(=O)c1c(NC(=O)CS(=O)(=O)c2nnc(-c3cccs3)o2)sc2c1CCCC2. The molecule has 0 radical (unpaired) electrons. The van der Waals surface area contributed by atoms with Crippen LogP contribution in [0.1, 0.15) is 33.6 Å². The van der Waals surface area contributed by atoms with Gasteiger partial charge in [-0.05, 0) is 42.7 Å². The number of amides is 1. The van der Waals surface area contributed by atoms with E-state index >= 15 is 0 Å². The molecule has 1 aliphatic rings. The van der Waals surface area contributed by atoms with Crippen LogP contribution >= 0.6 is 22.7 Å². The first kappa shape index (κ1) is 20.7. The van der Waals surface area contributed by atoms with Gasteiger partial charge in [0.05, 0.1) is 17.6 Å². The van der Waals surface area contributed by atoms with Crippen molar-refractivity contribution in [1.29, 1.82) is 0 Å². The second-order valence-corrected chi connectivity index (χ2v) is 10.5. The number of carbonyl (C=O) groups excluding carboxylic acids is 2. The van der Waals surface area contributed by atoms with Crippen LogP contribution in [0.2, 0.25) is 0 Å². The average Bonchev–Trinajstić information content (AvgIpc) is 3.45. The van der Waals surface area contributed by atoms with Crippen LogP contribution in [0.5, 0.6) is 0 Å². The molecule has 1 amide bonds. The number of fused-ring (bicyclic) bond motifs is 1. The van der Waals surface area contributed by atoms with Crippen molar-refractivity contribution in [2.24, 2.45) is 0 Å². The van der Waals surface area contributed by atoms with Crippen LogP contribution in [0.4, 0.5) is 5.00 Å². The molecule has 30 heavy (non-hydrogen) atoms. The van der Waals surface area contributed by atoms with E-state index in [9.17, 15) is 18.0 Å². The highest BCUT2D eigenvalue weighted by atomic mass is 32.2. The van der Waals surface area contributed by atoms with Gasteiger partial charge >= 0.3 is 11.2 Å². The minimum atomic E-state index is -4.15. The van der Waals surface area contributed by atoms with Crippen molar-refractivity contribution in [3.05, 3.63) is 33.5 Å². The number of esters is 1. The molecule has 9 nitrogen and oxygen atoms in total. The van der Waals surface area contributed by atoms with Crippen LogP contribution in [0.25, 0.3) is 10.8 Å². The van der Waals surface area contributed by atoms with Crippen molar-refractivity contribution in [3.8, 4) is 10.8 Å². The monoisotopic (exact) mass is 467 g/mol. The number of nitrogens with one attached hydrogen (secondary N) is 1. The van der Waals surface area contributed by atoms with Gasteiger partial charge < -0.3 is 14.5 Å². The fourth-order valence-corrected chi connectivity index (χ4v) is 6.05. The third-order valence-electron chi connectivity index (χ3n) is 4.54. The number of carbonyl (C=O) groups is 2. The first-order chi connectivity index (χ1) is 14.4. The number of rotatable bonds is 6. The standard InChI is InChI=1S/C18H17N3O6S3/c1-26-17(23)14-10-5-2-3-6-11(10)29-16(14)19-13(22)9-30(24,25)18-21-20-15(27-18)12-7-4-8-28-12/h4,7-8H,2-3,5-6,9H2,1H3,(H,19,22). The molecule has 3 heterocycles. The van der Waals surface area contributed by atoms with Crippen LogP contribution in [-0.4, -0.2) is 43.4 Å². The Labute approximate surface area is 180 Å². The molecule has 0 bridgehead atoms. The first-order valence-corrected chi connectivity index (χ1v) is 12.4. The van der Waals surface area contributed by atoms with Gasteiger partial charge in [0.2, 0.25) is 15.7 Å². The number of aryl methyl sites for hydroxylation is 1. The topological polar surface area (TPSA) is 128 Å². The molecular formula is C18H17N3O6S3. The molecule has 0 saturated heterocycles. The lowest BCUT2D eigenvalue weighted by molar-refractivity contribution is -0.113. The molecule has 0 atom stereocenters. The summed E-state index contributed by atoms with van der Waals surface area (Å²) in [6, 6.07) is 3.49. The highest BCUT2D eigenvalue weighted by molar-refractivity contribution is 7.91. The van der Waals surface area contributed by atoms with E-state index in [1.165, 1.54) is 29.8 Å². The van der Waals surface area contributed by atoms with E-state index in [0.29, 0.717) is 15.4 Å². The highest BCUT2D eigenvalue weighted by Gasteiger charge is 2.30. The van der Waals surface area contributed by atoms with E-state index in [1.807, 2.05) is 0 Å². The lowest BCUT2D eigenvalue weighted by atomic mass is 9.95. The maximum atomic E-state index is 12.5. The fraction of sp³-hybridized carbons (Fsp3) is 0.333. The lowest BCUT2D eigenvalue weighted by Crippen LogP contribution is -2.24. The number of aromatic nitrogens is 2. The Morgan fingerprint density at radius 3 is 2.80 bits per heavy atom. The normalized spacial score (nSPS) is 13.6. The van der Waals surface area contributed by atoms with E-state index in [4.69, 9.17) is 9.15 Å². The summed E-state index contributed by atoms with van der Waals surface area (Å²) in [4.78, 5) is 26.4. The zero-order chi connectivity index (χ0) is 21.3. The molecule has 4 rings (SSSR count). The summed E-state index contributed by atoms with van der Waals surface area (Å²) >= 11 is 2.60. The van der Waals surface area contributed by atoms with Gasteiger partial charge in [-0.2, -0.15) is 0 Å². The summed E-state index contributed by atoms with van der Waals surface area (Å²) < 4.78 is 35.2. The van der Waals surface area contributed by atoms with Crippen molar-refractivity contribution in [2.45, 2.75) is 30.9 Å². The second kappa shape index (κ2) is 8.28. The van der Waals surface area contributed by atoms with Gasteiger partial charge in [0.25, 0.3) is 5.89 Å². The minimum Gasteiger partial charge on any atom is -0.465 e. The number of anilines is 1. The Morgan fingerprint density at radius 1 is 1.27 bits per heavy atom. The maximum Gasteiger partial charge on any atom is 0.341 e. The summed E-state index contributed by atoms with van der Waals surface area (Å²) in [7, 11) is -2.88. The van der Waals surface area contributed by atoms with Crippen LogP contribution in [0.3, 0.4) is 0 Å². The number of methoxy groups -OCH3 is 1. The van der Waals surface area contributed by atoms with Gasteiger partial charge in [-0.3, -0.25) is 4.79 Å². The molecule has 0 aromatic carbocycles. The molecule has 3 aromatic rings. The number of hydrogen-bond acceptors (Lipinski definition) is 10. The summed E-state index contributed by atoms with van der Waals surface area (Å²) in [6.45, 7) is 0. The van der Waals surface area contributed by atoms with Gasteiger partial charge in [-0.1, -0.05) is 11.2 Å². The number of sulfone groups is 1. The Balaban J connectivity index is 1.53. The molecule has 0 unspecified atom stereocenters. The van der Waals surface area contributed by atoms with E-state index in [-0.39, 0.29) is 5.89 Å².